The Bertz CT molecular complexity index is 395. The summed E-state index contributed by atoms with van der Waals surface area (Å²) in [4.78, 5) is 11.8. The number of nitrogens with zero attached hydrogens (tertiary/aromatic N) is 2. The first kappa shape index (κ1) is 15.9. The third-order valence-electron chi connectivity index (χ3n) is 2.47. The normalized spacial score (nSPS) is 12.8. The number of aromatic nitrogens is 2. The third-order valence-corrected chi connectivity index (χ3v) is 2.47. The highest BCUT2D eigenvalue weighted by atomic mass is 35.5. The summed E-state index contributed by atoms with van der Waals surface area (Å²) in [6.45, 7) is 7.68. The topological polar surface area (TPSA) is 72.9 Å². The number of hydrogen-bond donors (Lipinski definition) is 2. The van der Waals surface area contributed by atoms with Crippen molar-refractivity contribution in [1.82, 2.24) is 9.78 Å². The molecule has 1 aromatic heterocycles. The van der Waals surface area contributed by atoms with Crippen LogP contribution < -0.4 is 11.1 Å². The Labute approximate surface area is 108 Å². The van der Waals surface area contributed by atoms with Gasteiger partial charge in [-0.05, 0) is 12.3 Å². The summed E-state index contributed by atoms with van der Waals surface area (Å²) in [5.74, 6) is 0.484. The molecule has 6 heteroatoms. The summed E-state index contributed by atoms with van der Waals surface area (Å²) in [6, 6.07) is 1.27. The lowest BCUT2D eigenvalue weighted by atomic mass is 9.87. The highest BCUT2D eigenvalue weighted by Crippen LogP contribution is 2.19. The molecule has 1 amide bonds. The van der Waals surface area contributed by atoms with Gasteiger partial charge in [0.05, 0.1) is 11.7 Å². The Hall–Kier alpha value is -1.07. The SMILES string of the molecule is Cc1cc(NC(=O)[C@@H](N)C(C)(C)C)n(C)n1.Cl. The lowest BCUT2D eigenvalue weighted by molar-refractivity contribution is -0.119. The number of nitrogens with one attached hydrogen (secondary N) is 1. The minimum atomic E-state index is -0.539. The molecule has 1 atom stereocenters. The first-order valence-corrected chi connectivity index (χ1v) is 5.29. The van der Waals surface area contributed by atoms with E-state index in [-0.39, 0.29) is 23.7 Å². The van der Waals surface area contributed by atoms with Crippen LogP contribution in [0.3, 0.4) is 0 Å². The van der Waals surface area contributed by atoms with Crippen LogP contribution in [0.25, 0.3) is 0 Å². The van der Waals surface area contributed by atoms with E-state index in [1.54, 1.807) is 11.7 Å². The van der Waals surface area contributed by atoms with Crippen LogP contribution in [0, 0.1) is 12.3 Å². The Balaban J connectivity index is 0.00000256. The van der Waals surface area contributed by atoms with Gasteiger partial charge in [0, 0.05) is 13.1 Å². The molecule has 0 aliphatic heterocycles. The van der Waals surface area contributed by atoms with E-state index in [0.29, 0.717) is 5.82 Å². The quantitative estimate of drug-likeness (QED) is 0.846. The fourth-order valence-corrected chi connectivity index (χ4v) is 1.32. The molecule has 0 aliphatic carbocycles. The van der Waals surface area contributed by atoms with Gasteiger partial charge in [0.1, 0.15) is 5.82 Å². The maximum Gasteiger partial charge on any atom is 0.242 e. The average Bonchev–Trinajstić information content (AvgIpc) is 2.42. The zero-order valence-electron chi connectivity index (χ0n) is 10.9. The molecule has 1 aromatic rings. The summed E-state index contributed by atoms with van der Waals surface area (Å²) in [7, 11) is 1.78. The van der Waals surface area contributed by atoms with Crippen molar-refractivity contribution < 1.29 is 4.79 Å². The van der Waals surface area contributed by atoms with E-state index in [9.17, 15) is 4.79 Å². The molecule has 5 nitrogen and oxygen atoms in total. The second-order valence-corrected chi connectivity index (χ2v) is 5.13. The predicted octanol–water partition coefficient (Wildman–Crippen LogP) is 1.46. The minimum Gasteiger partial charge on any atom is -0.319 e. The molecule has 3 N–H and O–H groups in total. The summed E-state index contributed by atoms with van der Waals surface area (Å²) in [5.41, 5.74) is 6.47. The van der Waals surface area contributed by atoms with Gasteiger partial charge in [0.2, 0.25) is 5.91 Å². The van der Waals surface area contributed by atoms with Crippen molar-refractivity contribution in [3.63, 3.8) is 0 Å². The molecule has 0 unspecified atom stereocenters. The molecule has 1 rings (SSSR count). The van der Waals surface area contributed by atoms with Crippen molar-refractivity contribution in [1.29, 1.82) is 0 Å². The molecule has 17 heavy (non-hydrogen) atoms. The van der Waals surface area contributed by atoms with Crippen LogP contribution in [0.2, 0.25) is 0 Å². The Morgan fingerprint density at radius 2 is 2.06 bits per heavy atom. The Morgan fingerprint density at radius 3 is 2.41 bits per heavy atom. The highest BCUT2D eigenvalue weighted by Gasteiger charge is 2.27. The van der Waals surface area contributed by atoms with Crippen LogP contribution >= 0.6 is 12.4 Å². The monoisotopic (exact) mass is 260 g/mol. The van der Waals surface area contributed by atoms with Gasteiger partial charge in [-0.15, -0.1) is 12.4 Å². The van der Waals surface area contributed by atoms with Crippen LogP contribution in [0.5, 0.6) is 0 Å². The number of nitrogens with two attached hydrogens (primary N) is 1. The van der Waals surface area contributed by atoms with Gasteiger partial charge in [-0.3, -0.25) is 9.48 Å². The number of hydrogen-bond acceptors (Lipinski definition) is 3. The smallest absolute Gasteiger partial charge is 0.242 e. The van der Waals surface area contributed by atoms with Crippen LogP contribution in [0.1, 0.15) is 26.5 Å². The van der Waals surface area contributed by atoms with Gasteiger partial charge in [0.15, 0.2) is 0 Å². The largest absolute Gasteiger partial charge is 0.319 e. The maximum atomic E-state index is 11.8. The molecule has 1 heterocycles. The summed E-state index contributed by atoms with van der Waals surface area (Å²) in [6.07, 6.45) is 0. The van der Waals surface area contributed by atoms with Crippen molar-refractivity contribution in [3.8, 4) is 0 Å². The maximum absolute atomic E-state index is 11.8. The van der Waals surface area contributed by atoms with Crippen molar-refractivity contribution in [2.24, 2.45) is 18.2 Å². The Morgan fingerprint density at radius 1 is 1.53 bits per heavy atom. The van der Waals surface area contributed by atoms with Gasteiger partial charge >= 0.3 is 0 Å². The van der Waals surface area contributed by atoms with Gasteiger partial charge in [0.25, 0.3) is 0 Å². The fourth-order valence-electron chi connectivity index (χ4n) is 1.32. The lowest BCUT2D eigenvalue weighted by Gasteiger charge is -2.25. The lowest BCUT2D eigenvalue weighted by Crippen LogP contribution is -2.45. The van der Waals surface area contributed by atoms with E-state index in [0.717, 1.165) is 5.69 Å². The molecule has 0 spiro atoms. The van der Waals surface area contributed by atoms with Crippen molar-refractivity contribution >= 4 is 24.1 Å². The van der Waals surface area contributed by atoms with Crippen molar-refractivity contribution in [3.05, 3.63) is 11.8 Å². The molecule has 0 fully saturated rings. The van der Waals surface area contributed by atoms with Crippen LogP contribution in [0.15, 0.2) is 6.07 Å². The van der Waals surface area contributed by atoms with Gasteiger partial charge in [-0.2, -0.15) is 5.10 Å². The number of rotatable bonds is 2. The minimum absolute atomic E-state index is 0. The second-order valence-electron chi connectivity index (χ2n) is 5.13. The molecule has 0 radical (unpaired) electrons. The summed E-state index contributed by atoms with van der Waals surface area (Å²) < 4.78 is 1.63. The molecular formula is C11H21ClN4O. The summed E-state index contributed by atoms with van der Waals surface area (Å²) >= 11 is 0. The molecule has 0 bridgehead atoms. The van der Waals surface area contributed by atoms with E-state index in [1.807, 2.05) is 33.8 Å². The number of carbonyl (C=O) groups is 1. The number of anilines is 1. The van der Waals surface area contributed by atoms with E-state index >= 15 is 0 Å². The molecule has 0 aliphatic rings. The third kappa shape index (κ3) is 4.02. The van der Waals surface area contributed by atoms with Gasteiger partial charge in [-0.1, -0.05) is 20.8 Å². The van der Waals surface area contributed by atoms with E-state index in [4.69, 9.17) is 5.73 Å². The van der Waals surface area contributed by atoms with Crippen molar-refractivity contribution in [2.75, 3.05) is 5.32 Å². The van der Waals surface area contributed by atoms with Crippen LogP contribution in [-0.2, 0) is 11.8 Å². The van der Waals surface area contributed by atoms with Gasteiger partial charge < -0.3 is 11.1 Å². The molecule has 98 valence electrons. The van der Waals surface area contributed by atoms with E-state index in [1.165, 1.54) is 0 Å². The van der Waals surface area contributed by atoms with Crippen LogP contribution in [0.4, 0.5) is 5.82 Å². The fraction of sp³-hybridized carbons (Fsp3) is 0.636. The number of amides is 1. The number of aryl methyl sites for hydroxylation is 2. The van der Waals surface area contributed by atoms with Crippen LogP contribution in [-0.4, -0.2) is 21.7 Å². The zero-order chi connectivity index (χ0) is 12.5. The molecular weight excluding hydrogens is 240 g/mol. The van der Waals surface area contributed by atoms with E-state index < -0.39 is 6.04 Å². The Kier molecular flexibility index (Phi) is 5.16. The second kappa shape index (κ2) is 5.51. The standard InChI is InChI=1S/C11H20N4O.ClH/c1-7-6-8(15(5)14-7)13-10(16)9(12)11(2,3)4;/h6,9H,12H2,1-5H3,(H,13,16);1H/t9-;/m1./s1. The van der Waals surface area contributed by atoms with Gasteiger partial charge in [-0.25, -0.2) is 0 Å². The summed E-state index contributed by atoms with van der Waals surface area (Å²) in [5, 5.41) is 6.92. The molecule has 0 saturated heterocycles. The first-order valence-electron chi connectivity index (χ1n) is 5.29. The number of carbonyl (C=O) groups excluding carboxylic acids is 1. The van der Waals surface area contributed by atoms with E-state index in [2.05, 4.69) is 10.4 Å². The first-order chi connectivity index (χ1) is 7.21. The zero-order valence-corrected chi connectivity index (χ0v) is 11.8. The van der Waals surface area contributed by atoms with Crippen molar-refractivity contribution in [2.45, 2.75) is 33.7 Å². The molecule has 0 aromatic carbocycles. The predicted molar refractivity (Wildman–Crippen MR) is 71.3 cm³/mol. The highest BCUT2D eigenvalue weighted by molar-refractivity contribution is 5.94. The number of halogens is 1. The average molecular weight is 261 g/mol. The molecule has 0 saturated carbocycles.